The van der Waals surface area contributed by atoms with Gasteiger partial charge in [0, 0.05) is 11.9 Å². The topological polar surface area (TPSA) is 96.5 Å². The molecule has 7 heteroatoms. The van der Waals surface area contributed by atoms with Crippen molar-refractivity contribution < 1.29 is 9.53 Å². The molecule has 0 saturated carbocycles. The first kappa shape index (κ1) is 20.1. The molecule has 0 aliphatic rings. The van der Waals surface area contributed by atoms with Crippen molar-refractivity contribution in [3.8, 4) is 6.07 Å². The highest BCUT2D eigenvalue weighted by Crippen LogP contribution is 2.17. The van der Waals surface area contributed by atoms with Crippen LogP contribution in [-0.2, 0) is 4.74 Å². The number of anilines is 1. The summed E-state index contributed by atoms with van der Waals surface area (Å²) in [6, 6.07) is 16.3. The van der Waals surface area contributed by atoms with E-state index in [9.17, 15) is 14.9 Å². The van der Waals surface area contributed by atoms with E-state index in [2.05, 4.69) is 16.4 Å². The molecule has 0 atom stereocenters. The third kappa shape index (κ3) is 3.60. The minimum absolute atomic E-state index is 0.257. The Kier molecular flexibility index (Phi) is 5.37. The van der Waals surface area contributed by atoms with Crippen LogP contribution in [0.5, 0.6) is 0 Å². The zero-order chi connectivity index (χ0) is 22.0. The van der Waals surface area contributed by atoms with Gasteiger partial charge < -0.3 is 10.1 Å². The molecule has 0 saturated heterocycles. The maximum absolute atomic E-state index is 13.2. The smallest absolute Gasteiger partial charge is 0.338 e. The van der Waals surface area contributed by atoms with Crippen LogP contribution < -0.4 is 16.1 Å². The highest BCUT2D eigenvalue weighted by Gasteiger charge is 2.16. The largest absolute Gasteiger partial charge is 0.462 e. The number of esters is 1. The number of para-hydroxylation sites is 2. The summed E-state index contributed by atoms with van der Waals surface area (Å²) in [4.78, 5) is 29.6. The van der Waals surface area contributed by atoms with Crippen molar-refractivity contribution >= 4 is 34.5 Å². The first-order valence-corrected chi connectivity index (χ1v) is 9.93. The molecule has 2 aromatic carbocycles. The van der Waals surface area contributed by atoms with Crippen molar-refractivity contribution in [1.82, 2.24) is 9.38 Å². The molecule has 4 rings (SSSR count). The summed E-state index contributed by atoms with van der Waals surface area (Å²) in [6.07, 6.45) is 2.34. The van der Waals surface area contributed by atoms with Crippen LogP contribution in [0.15, 0.2) is 53.3 Å². The van der Waals surface area contributed by atoms with E-state index in [0.29, 0.717) is 50.9 Å². The Labute approximate surface area is 178 Å². The molecule has 1 N–H and O–H groups in total. The third-order valence-corrected chi connectivity index (χ3v) is 5.05. The molecule has 0 unspecified atom stereocenters. The highest BCUT2D eigenvalue weighted by molar-refractivity contribution is 5.90. The molecule has 2 heterocycles. The number of carbonyl (C=O) groups is 1. The van der Waals surface area contributed by atoms with Crippen LogP contribution in [0.2, 0.25) is 0 Å². The average Bonchev–Trinajstić information content (AvgIpc) is 3.17. The van der Waals surface area contributed by atoms with E-state index >= 15 is 0 Å². The first-order chi connectivity index (χ1) is 15.0. The summed E-state index contributed by atoms with van der Waals surface area (Å²) in [5.74, 6) is -0.369. The Morgan fingerprint density at radius 3 is 2.68 bits per heavy atom. The van der Waals surface area contributed by atoms with Crippen molar-refractivity contribution in [2.75, 3.05) is 11.9 Å². The van der Waals surface area contributed by atoms with Crippen LogP contribution in [0.25, 0.3) is 22.9 Å². The zero-order valence-electron chi connectivity index (χ0n) is 17.2. The number of rotatable bonds is 5. The second kappa shape index (κ2) is 8.28. The number of hydrogen-bond acceptors (Lipinski definition) is 6. The fourth-order valence-electron chi connectivity index (χ4n) is 3.42. The third-order valence-electron chi connectivity index (χ3n) is 5.05. The molecular weight excluding hydrogens is 392 g/mol. The van der Waals surface area contributed by atoms with Crippen LogP contribution in [0.4, 0.5) is 5.69 Å². The van der Waals surface area contributed by atoms with Crippen LogP contribution in [0.1, 0.15) is 34.8 Å². The molecule has 0 spiro atoms. The number of fused-ring (bicyclic) bond motifs is 3. The SMILES string of the molecule is CCCOC(=O)c1ccc(N/C=c2\c(C)c(C#N)c3nc4ccccc4n3c2=O)cc1. The van der Waals surface area contributed by atoms with Gasteiger partial charge in [-0.2, -0.15) is 5.26 Å². The Morgan fingerprint density at radius 2 is 1.97 bits per heavy atom. The zero-order valence-corrected chi connectivity index (χ0v) is 17.2. The number of pyridine rings is 1. The predicted octanol–water partition coefficient (Wildman–Crippen LogP) is 3.16. The number of benzene rings is 2. The van der Waals surface area contributed by atoms with E-state index < -0.39 is 0 Å². The second-order valence-corrected chi connectivity index (χ2v) is 7.09. The average molecular weight is 412 g/mol. The Morgan fingerprint density at radius 1 is 1.23 bits per heavy atom. The quantitative estimate of drug-likeness (QED) is 0.506. The lowest BCUT2D eigenvalue weighted by molar-refractivity contribution is 0.0505. The number of aromatic nitrogens is 2. The van der Waals surface area contributed by atoms with Crippen molar-refractivity contribution in [3.05, 3.63) is 80.8 Å². The molecule has 0 radical (unpaired) electrons. The Balaban J connectivity index is 1.76. The summed E-state index contributed by atoms with van der Waals surface area (Å²) in [5, 5.41) is 13.2. The number of nitriles is 1. The van der Waals surface area contributed by atoms with Crippen LogP contribution in [0, 0.1) is 18.3 Å². The molecular formula is C24H20N4O3. The van der Waals surface area contributed by atoms with Gasteiger partial charge in [-0.25, -0.2) is 9.78 Å². The molecule has 4 aromatic rings. The molecule has 0 aliphatic heterocycles. The van der Waals surface area contributed by atoms with E-state index in [-0.39, 0.29) is 11.5 Å². The summed E-state index contributed by atoms with van der Waals surface area (Å²) in [7, 11) is 0. The molecule has 0 fully saturated rings. The highest BCUT2D eigenvalue weighted by atomic mass is 16.5. The Bertz CT molecular complexity index is 1450. The van der Waals surface area contributed by atoms with Crippen molar-refractivity contribution in [3.63, 3.8) is 0 Å². The van der Waals surface area contributed by atoms with Gasteiger partial charge in [0.2, 0.25) is 0 Å². The first-order valence-electron chi connectivity index (χ1n) is 9.93. The van der Waals surface area contributed by atoms with Crippen LogP contribution in [0.3, 0.4) is 0 Å². The summed E-state index contributed by atoms with van der Waals surface area (Å²) in [5.41, 5.74) is 3.48. The minimum atomic E-state index is -0.369. The van der Waals surface area contributed by atoms with Crippen LogP contribution in [-0.4, -0.2) is 22.0 Å². The van der Waals surface area contributed by atoms with Gasteiger partial charge in [-0.1, -0.05) is 19.1 Å². The molecule has 0 bridgehead atoms. The van der Waals surface area contributed by atoms with Gasteiger partial charge in [-0.3, -0.25) is 9.20 Å². The molecule has 0 aliphatic carbocycles. The number of nitrogens with zero attached hydrogens (tertiary/aromatic N) is 3. The van der Waals surface area contributed by atoms with Crippen LogP contribution >= 0.6 is 0 Å². The minimum Gasteiger partial charge on any atom is -0.462 e. The normalized spacial score (nSPS) is 11.6. The van der Waals surface area contributed by atoms with Crippen molar-refractivity contribution in [1.29, 1.82) is 5.26 Å². The molecule has 31 heavy (non-hydrogen) atoms. The number of hydrogen-bond donors (Lipinski definition) is 1. The number of ether oxygens (including phenoxy) is 1. The van der Waals surface area contributed by atoms with E-state index in [1.807, 2.05) is 25.1 Å². The van der Waals surface area contributed by atoms with Gasteiger partial charge in [0.25, 0.3) is 5.56 Å². The second-order valence-electron chi connectivity index (χ2n) is 7.09. The summed E-state index contributed by atoms with van der Waals surface area (Å²) >= 11 is 0. The summed E-state index contributed by atoms with van der Waals surface area (Å²) in [6.45, 7) is 4.05. The maximum Gasteiger partial charge on any atom is 0.338 e. The van der Waals surface area contributed by atoms with Gasteiger partial charge in [-0.15, -0.1) is 0 Å². The Hall–Kier alpha value is -4.18. The van der Waals surface area contributed by atoms with E-state index in [4.69, 9.17) is 4.74 Å². The lowest BCUT2D eigenvalue weighted by atomic mass is 10.1. The number of nitrogens with one attached hydrogen (secondary N) is 1. The molecule has 154 valence electrons. The lowest BCUT2D eigenvalue weighted by Gasteiger charge is -2.06. The standard InChI is InChI=1S/C24H20N4O3/c1-3-12-31-24(30)16-8-10-17(11-9-16)26-14-19-15(2)18(13-25)22-27-20-6-4-5-7-21(20)28(22)23(19)29/h4-11,14,26H,3,12H2,1-2H3/b19-14+. The lowest BCUT2D eigenvalue weighted by Crippen LogP contribution is -2.34. The monoisotopic (exact) mass is 412 g/mol. The van der Waals surface area contributed by atoms with Crippen molar-refractivity contribution in [2.45, 2.75) is 20.3 Å². The van der Waals surface area contributed by atoms with Gasteiger partial charge in [0.05, 0.1) is 34.0 Å². The van der Waals surface area contributed by atoms with Gasteiger partial charge in [-0.05, 0) is 55.3 Å². The number of imidazole rings is 1. The molecule has 7 nitrogen and oxygen atoms in total. The van der Waals surface area contributed by atoms with E-state index in [0.717, 1.165) is 6.42 Å². The van der Waals surface area contributed by atoms with E-state index in [1.165, 1.54) is 4.40 Å². The summed E-state index contributed by atoms with van der Waals surface area (Å²) < 4.78 is 6.60. The van der Waals surface area contributed by atoms with Gasteiger partial charge >= 0.3 is 5.97 Å². The van der Waals surface area contributed by atoms with Gasteiger partial charge in [0.1, 0.15) is 6.07 Å². The number of carbonyl (C=O) groups excluding carboxylic acids is 1. The maximum atomic E-state index is 13.2. The fourth-order valence-corrected chi connectivity index (χ4v) is 3.42. The van der Waals surface area contributed by atoms with E-state index in [1.54, 1.807) is 43.5 Å². The van der Waals surface area contributed by atoms with Crippen molar-refractivity contribution in [2.24, 2.45) is 0 Å². The predicted molar refractivity (Wildman–Crippen MR) is 119 cm³/mol. The van der Waals surface area contributed by atoms with Gasteiger partial charge in [0.15, 0.2) is 5.65 Å². The fraction of sp³-hybridized carbons (Fsp3) is 0.167. The molecule has 2 aromatic heterocycles. The molecule has 0 amide bonds.